The number of phenols is 1. The van der Waals surface area contributed by atoms with Gasteiger partial charge in [-0.2, -0.15) is 0 Å². The molecule has 5 aliphatic rings. The van der Waals surface area contributed by atoms with Gasteiger partial charge in [-0.15, -0.1) is 0 Å². The van der Waals surface area contributed by atoms with Gasteiger partial charge in [0.25, 0.3) is 5.91 Å². The molecule has 3 atom stereocenters. The van der Waals surface area contributed by atoms with E-state index < -0.39 is 52.4 Å². The van der Waals surface area contributed by atoms with Crippen molar-refractivity contribution >= 4 is 34.9 Å². The van der Waals surface area contributed by atoms with Crippen LogP contribution in [0.4, 0.5) is 13.6 Å². The molecular weight excluding hydrogens is 722 g/mol. The highest BCUT2D eigenvalue weighted by Crippen LogP contribution is 2.43. The maximum atomic E-state index is 14.5. The van der Waals surface area contributed by atoms with Crippen LogP contribution >= 0.6 is 0 Å². The summed E-state index contributed by atoms with van der Waals surface area (Å²) < 4.78 is 41.6. The van der Waals surface area contributed by atoms with Crippen LogP contribution in [0.2, 0.25) is 0 Å². The Balaban J connectivity index is 0.871. The van der Waals surface area contributed by atoms with E-state index in [4.69, 9.17) is 20.6 Å². The van der Waals surface area contributed by atoms with E-state index in [-0.39, 0.29) is 59.7 Å². The van der Waals surface area contributed by atoms with Crippen molar-refractivity contribution in [1.82, 2.24) is 21.3 Å². The minimum absolute atomic E-state index is 0.00913. The van der Waals surface area contributed by atoms with E-state index in [0.29, 0.717) is 48.2 Å². The number of nitrogens with two attached hydrogens (primary N) is 2. The molecule has 4 heterocycles. The number of aromatic hydroxyl groups is 1. The molecule has 1 aliphatic carbocycles. The number of hydrogen-bond donors (Lipinski definition) is 9. The molecule has 18 heteroatoms. The fourth-order valence-corrected chi connectivity index (χ4v) is 7.72. The minimum Gasteiger partial charge on any atom is -0.505 e. The first-order valence-electron chi connectivity index (χ1n) is 17.8. The van der Waals surface area contributed by atoms with Crippen LogP contribution in [-0.4, -0.2) is 93.6 Å². The van der Waals surface area contributed by atoms with Crippen LogP contribution in [0.3, 0.4) is 0 Å². The third kappa shape index (κ3) is 6.71. The van der Waals surface area contributed by atoms with Gasteiger partial charge in [-0.3, -0.25) is 20.6 Å². The Bertz CT molecular complexity index is 2300. The van der Waals surface area contributed by atoms with Crippen LogP contribution < -0.4 is 38.2 Å². The number of rotatable bonds is 11. The SMILES string of the molecule is Cc1cc(C(=O)NCCCCCCNC(=O)OCC2NC(N)=[N+]3CCC(O)(O)[C@@]34NC(N)=N[C@@H]24)ccc1-c1c2cc(F)c(=O)cc-2oc2cc(O)c(F)cc12. The lowest BCUT2D eigenvalue weighted by atomic mass is 9.87. The van der Waals surface area contributed by atoms with Gasteiger partial charge in [-0.05, 0) is 55.2 Å². The molecule has 0 bridgehead atoms. The molecule has 2 aromatic carbocycles. The highest BCUT2D eigenvalue weighted by atomic mass is 19.1. The molecule has 7 rings (SSSR count). The zero-order valence-corrected chi connectivity index (χ0v) is 29.7. The number of amides is 2. The van der Waals surface area contributed by atoms with Crippen LogP contribution in [0.25, 0.3) is 33.4 Å². The van der Waals surface area contributed by atoms with Crippen LogP contribution in [0, 0.1) is 18.6 Å². The number of nitrogens with one attached hydrogen (secondary N) is 4. The number of halogens is 2. The smallest absolute Gasteiger partial charge is 0.407 e. The molecule has 0 radical (unpaired) electrons. The Morgan fingerprint density at radius 1 is 1.04 bits per heavy atom. The molecule has 1 unspecified atom stereocenters. The molecule has 1 saturated heterocycles. The molecular formula is C37H41F2N8O8+. The summed E-state index contributed by atoms with van der Waals surface area (Å²) in [6, 6.07) is 7.65. The molecule has 55 heavy (non-hydrogen) atoms. The molecule has 0 aromatic heterocycles. The van der Waals surface area contributed by atoms with E-state index >= 15 is 0 Å². The number of benzene rings is 3. The van der Waals surface area contributed by atoms with Gasteiger partial charge in [-0.1, -0.05) is 18.9 Å². The van der Waals surface area contributed by atoms with Gasteiger partial charge in [0.2, 0.25) is 16.9 Å². The number of carbonyl (C=O) groups is 2. The van der Waals surface area contributed by atoms with Gasteiger partial charge in [0, 0.05) is 53.7 Å². The van der Waals surface area contributed by atoms with E-state index in [0.717, 1.165) is 37.1 Å². The van der Waals surface area contributed by atoms with E-state index in [1.165, 1.54) is 0 Å². The second-order valence-electron chi connectivity index (χ2n) is 14.0. The topological polar surface area (TPSA) is 250 Å². The quantitative estimate of drug-likeness (QED) is 0.0453. The summed E-state index contributed by atoms with van der Waals surface area (Å²) in [6.45, 7) is 2.61. The van der Waals surface area contributed by atoms with Crippen molar-refractivity contribution in [3.63, 3.8) is 0 Å². The summed E-state index contributed by atoms with van der Waals surface area (Å²) >= 11 is 0. The monoisotopic (exact) mass is 763 g/mol. The number of aliphatic imine (C=N–C) groups is 1. The lowest BCUT2D eigenvalue weighted by molar-refractivity contribution is -0.623. The van der Waals surface area contributed by atoms with Crippen molar-refractivity contribution in [3.05, 3.63) is 75.4 Å². The summed E-state index contributed by atoms with van der Waals surface area (Å²) in [4.78, 5) is 41.8. The summed E-state index contributed by atoms with van der Waals surface area (Å²) in [5.74, 6) is -4.78. The third-order valence-electron chi connectivity index (χ3n) is 10.4. The number of fused-ring (bicyclic) bond motifs is 2. The second-order valence-corrected chi connectivity index (χ2v) is 14.0. The average Bonchev–Trinajstić information content (AvgIpc) is 3.63. The van der Waals surface area contributed by atoms with Crippen LogP contribution in [0.1, 0.15) is 48.0 Å². The lowest BCUT2D eigenvalue weighted by Crippen LogP contribution is -2.77. The summed E-state index contributed by atoms with van der Waals surface area (Å²) in [7, 11) is 0. The highest BCUT2D eigenvalue weighted by Gasteiger charge is 2.71. The number of nitrogens with zero attached hydrogens (tertiary/aromatic N) is 2. The number of ether oxygens (including phenoxy) is 1. The van der Waals surface area contributed by atoms with Crippen molar-refractivity contribution in [3.8, 4) is 28.2 Å². The molecule has 290 valence electrons. The Hall–Kier alpha value is -6.01. The zero-order valence-electron chi connectivity index (χ0n) is 29.7. The van der Waals surface area contributed by atoms with Crippen molar-refractivity contribution in [2.24, 2.45) is 16.5 Å². The first kappa shape index (κ1) is 37.3. The van der Waals surface area contributed by atoms with Crippen molar-refractivity contribution in [1.29, 1.82) is 0 Å². The number of carbonyl (C=O) groups excluding carboxylic acids is 2. The Labute approximate surface area is 312 Å². The number of hydrogen-bond acceptors (Lipinski definition) is 13. The third-order valence-corrected chi connectivity index (χ3v) is 10.4. The van der Waals surface area contributed by atoms with Gasteiger partial charge in [-0.25, -0.2) is 23.1 Å². The Morgan fingerprint density at radius 2 is 1.78 bits per heavy atom. The van der Waals surface area contributed by atoms with Crippen molar-refractivity contribution in [2.45, 2.75) is 62.6 Å². The van der Waals surface area contributed by atoms with E-state index in [1.807, 2.05) is 0 Å². The predicted octanol–water partition coefficient (Wildman–Crippen LogP) is 1.24. The molecule has 2 aromatic rings. The Morgan fingerprint density at radius 3 is 2.53 bits per heavy atom. The van der Waals surface area contributed by atoms with Crippen LogP contribution in [-0.2, 0) is 4.74 Å². The van der Waals surface area contributed by atoms with Crippen LogP contribution in [0.5, 0.6) is 5.75 Å². The minimum atomic E-state index is -2.18. The van der Waals surface area contributed by atoms with E-state index in [2.05, 4.69) is 26.3 Å². The van der Waals surface area contributed by atoms with Gasteiger partial charge < -0.3 is 46.2 Å². The maximum absolute atomic E-state index is 14.5. The highest BCUT2D eigenvalue weighted by molar-refractivity contribution is 6.04. The fraction of sp³-hybridized carbons (Fsp3) is 0.378. The average molecular weight is 764 g/mol. The molecule has 2 amide bonds. The summed E-state index contributed by atoms with van der Waals surface area (Å²) in [5, 5.41) is 43.2. The molecule has 4 aliphatic heterocycles. The lowest BCUT2D eigenvalue weighted by Gasteiger charge is -2.42. The van der Waals surface area contributed by atoms with Crippen LogP contribution in [0.15, 0.2) is 56.7 Å². The molecule has 16 nitrogen and oxygen atoms in total. The fourth-order valence-electron chi connectivity index (χ4n) is 7.72. The van der Waals surface area contributed by atoms with E-state index in [9.17, 15) is 38.5 Å². The molecule has 1 spiro atoms. The van der Waals surface area contributed by atoms with Crippen molar-refractivity contribution in [2.75, 3.05) is 26.2 Å². The first-order chi connectivity index (χ1) is 26.2. The molecule has 11 N–H and O–H groups in total. The number of alkyl carbamates (subject to hydrolysis) is 1. The van der Waals surface area contributed by atoms with Crippen molar-refractivity contribution < 1.29 is 47.4 Å². The largest absolute Gasteiger partial charge is 0.505 e. The normalized spacial score (nSPS) is 21.1. The number of guanidine groups is 2. The summed E-state index contributed by atoms with van der Waals surface area (Å²) in [6.07, 6.45) is 2.25. The standard InChI is InChI=1S/C37H40F2N8O8/c1-18-12-19(6-7-20(18)30-21-13-23(38)26(48)15-28(21)55-29-16-27(49)24(39)14-22(29)30)32(50)42-9-4-2-3-5-10-43-35(51)54-17-25-31-37(46-33(40)45-31)36(52,53)8-11-47(37)34(41)44-25/h6-7,12-16,25,31,52-53H,2-5,8-11,17H2,1H3,(H8,40,41,42,43,44,45,46,48,49,50,51)/p+1/t25?,31-,37-/m0/s1. The number of phenolic OH excluding ortho intramolecular Hbond substituents is 1. The van der Waals surface area contributed by atoms with E-state index in [1.54, 1.807) is 29.7 Å². The zero-order chi connectivity index (χ0) is 39.2. The Kier molecular flexibility index (Phi) is 9.72. The van der Waals surface area contributed by atoms with Gasteiger partial charge >= 0.3 is 12.1 Å². The number of aryl methyl sites for hydroxylation is 1. The second kappa shape index (κ2) is 14.3. The van der Waals surface area contributed by atoms with Gasteiger partial charge in [0.1, 0.15) is 24.0 Å². The molecule has 0 saturated carbocycles. The van der Waals surface area contributed by atoms with Gasteiger partial charge in [0.15, 0.2) is 29.4 Å². The summed E-state index contributed by atoms with van der Waals surface area (Å²) in [5.41, 5.74) is 12.0. The number of unbranched alkanes of at least 4 members (excludes halogenated alkanes) is 3. The molecule has 1 fully saturated rings. The first-order valence-corrected chi connectivity index (χ1v) is 17.8. The van der Waals surface area contributed by atoms with Gasteiger partial charge in [0.05, 0.1) is 6.54 Å². The number of aliphatic hydroxyl groups is 2. The predicted molar refractivity (Wildman–Crippen MR) is 195 cm³/mol. The maximum Gasteiger partial charge on any atom is 0.407 e.